The minimum Gasteiger partial charge on any atom is -0.452 e. The minimum absolute atomic E-state index is 0.0262. The number of carbonyl (C=O) groups is 2. The first-order valence-corrected chi connectivity index (χ1v) is 7.59. The Morgan fingerprint density at radius 3 is 2.78 bits per heavy atom. The van der Waals surface area contributed by atoms with E-state index in [1.807, 2.05) is 24.4 Å². The Morgan fingerprint density at radius 2 is 2.13 bits per heavy atom. The molecule has 0 fully saturated rings. The molecule has 0 unspecified atom stereocenters. The third kappa shape index (κ3) is 4.62. The van der Waals surface area contributed by atoms with Crippen LogP contribution in [0.2, 0.25) is 0 Å². The van der Waals surface area contributed by atoms with Gasteiger partial charge in [-0.15, -0.1) is 11.3 Å². The van der Waals surface area contributed by atoms with Gasteiger partial charge in [-0.3, -0.25) is 14.9 Å². The second-order valence-electron chi connectivity index (χ2n) is 4.69. The highest BCUT2D eigenvalue weighted by atomic mass is 32.1. The fraction of sp³-hybridized carbons (Fsp3) is 0.200. The lowest BCUT2D eigenvalue weighted by Crippen LogP contribution is -2.30. The summed E-state index contributed by atoms with van der Waals surface area (Å²) in [6.07, 6.45) is 0. The van der Waals surface area contributed by atoms with Gasteiger partial charge in [0.2, 0.25) is 0 Å². The van der Waals surface area contributed by atoms with E-state index in [2.05, 4.69) is 5.32 Å². The van der Waals surface area contributed by atoms with Crippen molar-refractivity contribution in [1.29, 1.82) is 0 Å². The molecule has 23 heavy (non-hydrogen) atoms. The third-order valence-corrected chi connectivity index (χ3v) is 4.03. The van der Waals surface area contributed by atoms with Gasteiger partial charge < -0.3 is 10.1 Å². The number of esters is 1. The number of hydrogen-bond acceptors (Lipinski definition) is 6. The van der Waals surface area contributed by atoms with E-state index in [0.29, 0.717) is 0 Å². The average molecular weight is 334 g/mol. The molecule has 1 heterocycles. The molecule has 8 heteroatoms. The van der Waals surface area contributed by atoms with Gasteiger partial charge in [-0.2, -0.15) is 0 Å². The summed E-state index contributed by atoms with van der Waals surface area (Å²) < 4.78 is 4.87. The van der Waals surface area contributed by atoms with Crippen LogP contribution in [0.1, 0.15) is 28.2 Å². The average Bonchev–Trinajstić information content (AvgIpc) is 3.07. The predicted octanol–water partition coefficient (Wildman–Crippen LogP) is 2.69. The van der Waals surface area contributed by atoms with Crippen molar-refractivity contribution in [2.45, 2.75) is 13.0 Å². The molecule has 7 nitrogen and oxygen atoms in total. The molecule has 1 atom stereocenters. The molecule has 120 valence electrons. The molecule has 1 aromatic heterocycles. The van der Waals surface area contributed by atoms with Crippen molar-refractivity contribution >= 4 is 28.9 Å². The van der Waals surface area contributed by atoms with E-state index in [1.54, 1.807) is 0 Å². The van der Waals surface area contributed by atoms with Gasteiger partial charge in [0.15, 0.2) is 6.61 Å². The van der Waals surface area contributed by atoms with Gasteiger partial charge in [-0.25, -0.2) is 4.79 Å². The molecule has 0 saturated heterocycles. The summed E-state index contributed by atoms with van der Waals surface area (Å²) in [6.45, 7) is 1.38. The predicted molar refractivity (Wildman–Crippen MR) is 84.3 cm³/mol. The summed E-state index contributed by atoms with van der Waals surface area (Å²) in [5.74, 6) is -1.22. The molecule has 0 spiro atoms. The zero-order chi connectivity index (χ0) is 16.8. The molecule has 2 aromatic rings. The number of ether oxygens (including phenoxy) is 1. The van der Waals surface area contributed by atoms with Crippen LogP contribution in [0.25, 0.3) is 0 Å². The molecular weight excluding hydrogens is 320 g/mol. The largest absolute Gasteiger partial charge is 0.452 e. The van der Waals surface area contributed by atoms with Crippen molar-refractivity contribution in [2.75, 3.05) is 6.61 Å². The second-order valence-corrected chi connectivity index (χ2v) is 5.67. The van der Waals surface area contributed by atoms with E-state index >= 15 is 0 Å². The van der Waals surface area contributed by atoms with E-state index in [4.69, 9.17) is 4.74 Å². The van der Waals surface area contributed by atoms with Crippen LogP contribution in [0.15, 0.2) is 41.8 Å². The molecule has 0 radical (unpaired) electrons. The van der Waals surface area contributed by atoms with Gasteiger partial charge in [0.1, 0.15) is 0 Å². The Kier molecular flexibility index (Phi) is 5.42. The van der Waals surface area contributed by atoms with Crippen molar-refractivity contribution in [3.8, 4) is 0 Å². The fourth-order valence-corrected chi connectivity index (χ4v) is 2.59. The highest BCUT2D eigenvalue weighted by Gasteiger charge is 2.15. The molecule has 1 amide bonds. The minimum atomic E-state index is -0.785. The molecule has 0 bridgehead atoms. The molecule has 2 rings (SSSR count). The fourth-order valence-electron chi connectivity index (χ4n) is 1.85. The summed E-state index contributed by atoms with van der Waals surface area (Å²) in [5, 5.41) is 15.3. The number of rotatable bonds is 6. The molecule has 0 aliphatic rings. The van der Waals surface area contributed by atoms with Crippen LogP contribution in [0.4, 0.5) is 5.69 Å². The van der Waals surface area contributed by atoms with Crippen LogP contribution < -0.4 is 5.32 Å². The third-order valence-electron chi connectivity index (χ3n) is 2.97. The van der Waals surface area contributed by atoms with Crippen LogP contribution in [-0.2, 0) is 9.53 Å². The molecular formula is C15H14N2O5S. The van der Waals surface area contributed by atoms with Gasteiger partial charge in [0.25, 0.3) is 11.6 Å². The summed E-state index contributed by atoms with van der Waals surface area (Å²) in [5.41, 5.74) is -0.187. The van der Waals surface area contributed by atoms with Crippen LogP contribution >= 0.6 is 11.3 Å². The van der Waals surface area contributed by atoms with Gasteiger partial charge >= 0.3 is 5.97 Å². The second kappa shape index (κ2) is 7.50. The van der Waals surface area contributed by atoms with Gasteiger partial charge in [-0.05, 0) is 24.4 Å². The van der Waals surface area contributed by atoms with Crippen molar-refractivity contribution in [3.05, 3.63) is 62.3 Å². The number of nitro groups is 1. The lowest BCUT2D eigenvalue weighted by molar-refractivity contribution is -0.384. The zero-order valence-electron chi connectivity index (χ0n) is 12.2. The van der Waals surface area contributed by atoms with E-state index in [0.717, 1.165) is 10.9 Å². The molecule has 0 saturated carbocycles. The lowest BCUT2D eigenvalue weighted by atomic mass is 10.2. The van der Waals surface area contributed by atoms with Gasteiger partial charge in [0.05, 0.1) is 16.5 Å². The first-order valence-electron chi connectivity index (χ1n) is 6.71. The lowest BCUT2D eigenvalue weighted by Gasteiger charge is -2.12. The van der Waals surface area contributed by atoms with Crippen LogP contribution in [-0.4, -0.2) is 23.4 Å². The molecule has 0 aliphatic carbocycles. The first kappa shape index (κ1) is 16.6. The summed E-state index contributed by atoms with van der Waals surface area (Å²) >= 11 is 1.51. The van der Waals surface area contributed by atoms with Crippen molar-refractivity contribution in [3.63, 3.8) is 0 Å². The SMILES string of the molecule is C[C@@H](NC(=O)COC(=O)c1cccc([N+](=O)[O-])c1)c1cccs1. The topological polar surface area (TPSA) is 98.5 Å². The van der Waals surface area contributed by atoms with E-state index < -0.39 is 23.4 Å². The number of nitrogens with zero attached hydrogens (tertiary/aromatic N) is 1. The number of non-ortho nitro benzene ring substituents is 1. The maximum atomic E-state index is 11.8. The molecule has 1 N–H and O–H groups in total. The Morgan fingerprint density at radius 1 is 1.35 bits per heavy atom. The highest BCUT2D eigenvalue weighted by molar-refractivity contribution is 7.10. The van der Waals surface area contributed by atoms with E-state index in [9.17, 15) is 19.7 Å². The van der Waals surface area contributed by atoms with Crippen molar-refractivity contribution in [2.24, 2.45) is 0 Å². The first-order chi connectivity index (χ1) is 11.0. The Hall–Kier alpha value is -2.74. The van der Waals surface area contributed by atoms with Crippen LogP contribution in [0, 0.1) is 10.1 Å². The standard InChI is InChI=1S/C15H14N2O5S/c1-10(13-6-3-7-23-13)16-14(18)9-22-15(19)11-4-2-5-12(8-11)17(20)21/h2-8,10H,9H2,1H3,(H,16,18)/t10-/m1/s1. The molecule has 1 aromatic carbocycles. The van der Waals surface area contributed by atoms with E-state index in [1.165, 1.54) is 29.5 Å². The number of amides is 1. The number of nitro benzene ring substituents is 1. The summed E-state index contributed by atoms with van der Waals surface area (Å²) in [7, 11) is 0. The normalized spacial score (nSPS) is 11.5. The number of nitrogens with one attached hydrogen (secondary N) is 1. The van der Waals surface area contributed by atoms with Crippen molar-refractivity contribution in [1.82, 2.24) is 5.32 Å². The summed E-state index contributed by atoms with van der Waals surface area (Å²) in [4.78, 5) is 34.6. The zero-order valence-corrected chi connectivity index (χ0v) is 13.0. The van der Waals surface area contributed by atoms with Crippen molar-refractivity contribution < 1.29 is 19.2 Å². The highest BCUT2D eigenvalue weighted by Crippen LogP contribution is 2.18. The maximum absolute atomic E-state index is 11.8. The van der Waals surface area contributed by atoms with Gasteiger partial charge in [-0.1, -0.05) is 12.1 Å². The Balaban J connectivity index is 1.87. The number of carbonyl (C=O) groups excluding carboxylic acids is 2. The van der Waals surface area contributed by atoms with Crippen LogP contribution in [0.5, 0.6) is 0 Å². The van der Waals surface area contributed by atoms with Gasteiger partial charge in [0, 0.05) is 17.0 Å². The monoisotopic (exact) mass is 334 g/mol. The van der Waals surface area contributed by atoms with Crippen LogP contribution in [0.3, 0.4) is 0 Å². The number of thiophene rings is 1. The summed E-state index contributed by atoms with van der Waals surface area (Å²) in [6, 6.07) is 8.74. The smallest absolute Gasteiger partial charge is 0.338 e. The quantitative estimate of drug-likeness (QED) is 0.497. The molecule has 0 aliphatic heterocycles. The Labute approximate surface area is 136 Å². The number of benzene rings is 1. The number of hydrogen-bond donors (Lipinski definition) is 1. The Bertz CT molecular complexity index is 714. The van der Waals surface area contributed by atoms with E-state index in [-0.39, 0.29) is 17.3 Å². The maximum Gasteiger partial charge on any atom is 0.338 e.